The van der Waals surface area contributed by atoms with Crippen molar-refractivity contribution in [3.05, 3.63) is 35.9 Å². The Morgan fingerprint density at radius 3 is 2.41 bits per heavy atom. The zero-order valence-corrected chi connectivity index (χ0v) is 21.1. The van der Waals surface area contributed by atoms with Gasteiger partial charge in [-0.15, -0.1) is 0 Å². The summed E-state index contributed by atoms with van der Waals surface area (Å²) in [5, 5.41) is 0. The summed E-state index contributed by atoms with van der Waals surface area (Å²) in [5.41, 5.74) is 1.23. The van der Waals surface area contributed by atoms with Gasteiger partial charge in [-0.25, -0.2) is 0 Å². The molecule has 4 rings (SSSR count). The molecule has 1 saturated carbocycles. The fourth-order valence-corrected chi connectivity index (χ4v) is 6.34. The van der Waals surface area contributed by atoms with Crippen LogP contribution in [-0.2, 0) is 20.8 Å². The number of fused-ring (bicyclic) bond motifs is 1. The normalized spacial score (nSPS) is 25.2. The number of nitrogens with zero attached hydrogens (tertiary/aromatic N) is 2. The first-order valence-corrected chi connectivity index (χ1v) is 13.7. The second kappa shape index (κ2) is 11.5. The Balaban J connectivity index is 1.47. The van der Waals surface area contributed by atoms with Crippen molar-refractivity contribution in [3.63, 3.8) is 0 Å². The number of hydrogen-bond acceptors (Lipinski definition) is 3. The number of piperidine rings is 1. The maximum absolute atomic E-state index is 14.0. The molecule has 0 radical (unpaired) electrons. The van der Waals surface area contributed by atoms with E-state index in [-0.39, 0.29) is 47.3 Å². The molecule has 2 aliphatic heterocycles. The van der Waals surface area contributed by atoms with Crippen molar-refractivity contribution in [2.75, 3.05) is 19.6 Å². The molecule has 2 saturated heterocycles. The third-order valence-electron chi connectivity index (χ3n) is 8.77. The number of likely N-dealkylation sites (tertiary alicyclic amines) is 2. The number of benzene rings is 1. The molecule has 0 N–H and O–H groups in total. The van der Waals surface area contributed by atoms with Crippen molar-refractivity contribution < 1.29 is 14.4 Å². The van der Waals surface area contributed by atoms with Gasteiger partial charge in [0.2, 0.25) is 11.8 Å². The first-order valence-electron chi connectivity index (χ1n) is 13.7. The molecule has 0 unspecified atom stereocenters. The fourth-order valence-electron chi connectivity index (χ4n) is 6.34. The minimum Gasteiger partial charge on any atom is -0.341 e. The van der Waals surface area contributed by atoms with Gasteiger partial charge in [0, 0.05) is 37.9 Å². The standard InChI is InChI=1S/C29H42N2O3/c1-3-21(2)26(32)20-25(23-12-8-5-9-13-23)28(33)31-19-16-24-15-18-30(29(34)27(24)31)17-14-22-10-6-4-7-11-22/h4,6-7,10-11,21,23-25,27H,3,5,8-9,12-20H2,1-2H3/t21-,24-,25+,27+/m1/s1. The summed E-state index contributed by atoms with van der Waals surface area (Å²) < 4.78 is 0. The van der Waals surface area contributed by atoms with Gasteiger partial charge in [-0.2, -0.15) is 0 Å². The van der Waals surface area contributed by atoms with Crippen molar-refractivity contribution in [2.24, 2.45) is 23.7 Å². The topological polar surface area (TPSA) is 57.7 Å². The molecule has 0 bridgehead atoms. The second-order valence-electron chi connectivity index (χ2n) is 10.9. The Morgan fingerprint density at radius 1 is 1.00 bits per heavy atom. The molecule has 3 aliphatic rings. The average Bonchev–Trinajstić information content (AvgIpc) is 3.32. The quantitative estimate of drug-likeness (QED) is 0.521. The Bertz CT molecular complexity index is 848. The maximum atomic E-state index is 14.0. The van der Waals surface area contributed by atoms with Crippen LogP contribution in [0.1, 0.15) is 77.2 Å². The van der Waals surface area contributed by atoms with Crippen LogP contribution in [0.4, 0.5) is 0 Å². The van der Waals surface area contributed by atoms with Crippen LogP contribution in [0.2, 0.25) is 0 Å². The highest BCUT2D eigenvalue weighted by atomic mass is 16.2. The summed E-state index contributed by atoms with van der Waals surface area (Å²) in [7, 11) is 0. The molecular weight excluding hydrogens is 424 g/mol. The number of carbonyl (C=O) groups is 3. The van der Waals surface area contributed by atoms with E-state index < -0.39 is 0 Å². The zero-order chi connectivity index (χ0) is 24.1. The highest BCUT2D eigenvalue weighted by molar-refractivity contribution is 5.92. The number of Topliss-reactive ketones (excluding diaryl/α,β-unsaturated/α-hetero) is 1. The van der Waals surface area contributed by atoms with Gasteiger partial charge in [-0.1, -0.05) is 63.4 Å². The number of hydrogen-bond donors (Lipinski definition) is 0. The first kappa shape index (κ1) is 24.9. The molecule has 3 fully saturated rings. The lowest BCUT2D eigenvalue weighted by atomic mass is 9.76. The molecule has 1 aromatic rings. The zero-order valence-electron chi connectivity index (χ0n) is 21.1. The predicted molar refractivity (Wildman–Crippen MR) is 134 cm³/mol. The van der Waals surface area contributed by atoms with E-state index in [1.807, 2.05) is 41.8 Å². The van der Waals surface area contributed by atoms with Gasteiger partial charge >= 0.3 is 0 Å². The summed E-state index contributed by atoms with van der Waals surface area (Å²) in [6.45, 7) is 6.16. The molecule has 186 valence electrons. The second-order valence-corrected chi connectivity index (χ2v) is 10.9. The van der Waals surface area contributed by atoms with Gasteiger partial charge in [0.15, 0.2) is 0 Å². The van der Waals surface area contributed by atoms with Crippen LogP contribution in [0.3, 0.4) is 0 Å². The predicted octanol–water partition coefficient (Wildman–Crippen LogP) is 4.88. The van der Waals surface area contributed by atoms with Crippen molar-refractivity contribution in [1.29, 1.82) is 0 Å². The average molecular weight is 467 g/mol. The van der Waals surface area contributed by atoms with Crippen LogP contribution in [0.5, 0.6) is 0 Å². The Kier molecular flexibility index (Phi) is 8.44. The van der Waals surface area contributed by atoms with Crippen LogP contribution in [0.15, 0.2) is 30.3 Å². The SMILES string of the molecule is CC[C@@H](C)C(=O)C[C@H](C(=O)N1CC[C@H]2CCN(CCc3ccccc3)C(=O)[C@H]21)C1CCCCC1. The summed E-state index contributed by atoms with van der Waals surface area (Å²) >= 11 is 0. The van der Waals surface area contributed by atoms with Crippen molar-refractivity contribution >= 4 is 17.6 Å². The maximum Gasteiger partial charge on any atom is 0.245 e. The third kappa shape index (κ3) is 5.55. The van der Waals surface area contributed by atoms with Crippen molar-refractivity contribution in [3.8, 4) is 0 Å². The van der Waals surface area contributed by atoms with E-state index in [9.17, 15) is 14.4 Å². The van der Waals surface area contributed by atoms with Crippen LogP contribution in [0, 0.1) is 23.7 Å². The lowest BCUT2D eigenvalue weighted by Crippen LogP contribution is -2.56. The molecule has 0 spiro atoms. The van der Waals surface area contributed by atoms with Gasteiger partial charge in [0.1, 0.15) is 11.8 Å². The summed E-state index contributed by atoms with van der Waals surface area (Å²) in [6.07, 6.45) is 9.44. The van der Waals surface area contributed by atoms with Crippen molar-refractivity contribution in [2.45, 2.75) is 84.1 Å². The van der Waals surface area contributed by atoms with Crippen LogP contribution < -0.4 is 0 Å². The van der Waals surface area contributed by atoms with Crippen molar-refractivity contribution in [1.82, 2.24) is 9.80 Å². The summed E-state index contributed by atoms with van der Waals surface area (Å²) in [5.74, 6) is 0.690. The molecule has 1 aliphatic carbocycles. The largest absolute Gasteiger partial charge is 0.341 e. The minimum absolute atomic E-state index is 0.00462. The van der Waals surface area contributed by atoms with E-state index in [1.54, 1.807) is 0 Å². The highest BCUT2D eigenvalue weighted by Gasteiger charge is 2.48. The fraction of sp³-hybridized carbons (Fsp3) is 0.690. The van der Waals surface area contributed by atoms with Gasteiger partial charge in [0.05, 0.1) is 0 Å². The van der Waals surface area contributed by atoms with Gasteiger partial charge in [0.25, 0.3) is 0 Å². The van der Waals surface area contributed by atoms with Gasteiger partial charge in [-0.3, -0.25) is 14.4 Å². The number of carbonyl (C=O) groups excluding carboxylic acids is 3. The van der Waals surface area contributed by atoms with E-state index in [0.717, 1.165) is 57.9 Å². The van der Waals surface area contributed by atoms with Crippen LogP contribution in [0.25, 0.3) is 0 Å². The van der Waals surface area contributed by atoms with Gasteiger partial charge < -0.3 is 9.80 Å². The lowest BCUT2D eigenvalue weighted by molar-refractivity contribution is -0.151. The number of ketones is 1. The molecule has 1 aromatic carbocycles. The van der Waals surface area contributed by atoms with E-state index in [0.29, 0.717) is 19.5 Å². The Labute approximate surface area is 205 Å². The van der Waals surface area contributed by atoms with Crippen LogP contribution in [-0.4, -0.2) is 53.1 Å². The molecule has 2 heterocycles. The summed E-state index contributed by atoms with van der Waals surface area (Å²) in [6, 6.07) is 9.95. The first-order chi connectivity index (χ1) is 16.5. The van der Waals surface area contributed by atoms with Crippen LogP contribution >= 0.6 is 0 Å². The minimum atomic E-state index is -0.332. The summed E-state index contributed by atoms with van der Waals surface area (Å²) in [4.78, 5) is 44.3. The van der Waals surface area contributed by atoms with E-state index in [4.69, 9.17) is 0 Å². The van der Waals surface area contributed by atoms with E-state index in [1.165, 1.54) is 12.0 Å². The smallest absolute Gasteiger partial charge is 0.245 e. The molecule has 0 aromatic heterocycles. The lowest BCUT2D eigenvalue weighted by Gasteiger charge is -2.40. The molecule has 34 heavy (non-hydrogen) atoms. The Morgan fingerprint density at radius 2 is 1.71 bits per heavy atom. The molecule has 4 atom stereocenters. The molecule has 5 heteroatoms. The van der Waals surface area contributed by atoms with E-state index >= 15 is 0 Å². The molecule has 2 amide bonds. The van der Waals surface area contributed by atoms with Gasteiger partial charge in [-0.05, 0) is 55.9 Å². The molecular formula is C29H42N2O3. The molecule has 5 nitrogen and oxygen atoms in total. The number of amides is 2. The highest BCUT2D eigenvalue weighted by Crippen LogP contribution is 2.38. The number of rotatable bonds is 9. The monoisotopic (exact) mass is 466 g/mol. The third-order valence-corrected chi connectivity index (χ3v) is 8.77. The Hall–Kier alpha value is -2.17. The van der Waals surface area contributed by atoms with E-state index in [2.05, 4.69) is 12.1 Å².